The van der Waals surface area contributed by atoms with Crippen LogP contribution in [0.15, 0.2) is 24.3 Å². The van der Waals surface area contributed by atoms with Gasteiger partial charge in [-0.1, -0.05) is 12.1 Å². The Morgan fingerprint density at radius 1 is 1.23 bits per heavy atom. The zero-order valence-corrected chi connectivity index (χ0v) is 13.4. The van der Waals surface area contributed by atoms with Crippen molar-refractivity contribution in [1.29, 1.82) is 0 Å². The number of rotatable bonds is 4. The number of ether oxygens (including phenoxy) is 1. The van der Waals surface area contributed by atoms with Crippen LogP contribution in [0.5, 0.6) is 0 Å². The topological polar surface area (TPSA) is 75.6 Å². The minimum Gasteiger partial charge on any atom is -0.481 e. The molecular formula is C16H22FNO4. The minimum atomic E-state index is -1.34. The highest BCUT2D eigenvalue weighted by Gasteiger charge is 2.39. The zero-order chi connectivity index (χ0) is 17.1. The Balaban J connectivity index is 3.13. The van der Waals surface area contributed by atoms with E-state index < -0.39 is 34.9 Å². The molecule has 1 atom stereocenters. The monoisotopic (exact) mass is 311 g/mol. The van der Waals surface area contributed by atoms with Crippen LogP contribution in [0.1, 0.15) is 46.2 Å². The van der Waals surface area contributed by atoms with Crippen molar-refractivity contribution < 1.29 is 23.8 Å². The number of hydrogen-bond acceptors (Lipinski definition) is 3. The number of carboxylic acids is 1. The Morgan fingerprint density at radius 2 is 1.82 bits per heavy atom. The van der Waals surface area contributed by atoms with E-state index in [0.29, 0.717) is 5.56 Å². The van der Waals surface area contributed by atoms with Gasteiger partial charge in [-0.25, -0.2) is 9.18 Å². The third-order valence-corrected chi connectivity index (χ3v) is 3.12. The van der Waals surface area contributed by atoms with E-state index in [1.54, 1.807) is 26.8 Å². The molecule has 0 saturated carbocycles. The van der Waals surface area contributed by atoms with E-state index in [9.17, 15) is 19.1 Å². The van der Waals surface area contributed by atoms with E-state index in [-0.39, 0.29) is 0 Å². The summed E-state index contributed by atoms with van der Waals surface area (Å²) in [6, 6.07) is 4.55. The highest BCUT2D eigenvalue weighted by Crippen LogP contribution is 2.34. The Bertz CT molecular complexity index is 564. The van der Waals surface area contributed by atoms with Crippen molar-refractivity contribution >= 4 is 12.1 Å². The summed E-state index contributed by atoms with van der Waals surface area (Å²) in [5.41, 5.74) is -1.70. The van der Waals surface area contributed by atoms with Crippen LogP contribution in [0.2, 0.25) is 0 Å². The summed E-state index contributed by atoms with van der Waals surface area (Å²) in [5, 5.41) is 11.9. The van der Waals surface area contributed by atoms with Crippen molar-refractivity contribution in [3.8, 4) is 0 Å². The van der Waals surface area contributed by atoms with Gasteiger partial charge in [-0.3, -0.25) is 4.79 Å². The van der Waals surface area contributed by atoms with Crippen LogP contribution in [0, 0.1) is 11.2 Å². The third-order valence-electron chi connectivity index (χ3n) is 3.12. The summed E-state index contributed by atoms with van der Waals surface area (Å²) >= 11 is 0. The van der Waals surface area contributed by atoms with Crippen LogP contribution in [-0.4, -0.2) is 22.8 Å². The van der Waals surface area contributed by atoms with Gasteiger partial charge in [0, 0.05) is 0 Å². The van der Waals surface area contributed by atoms with Gasteiger partial charge in [0.25, 0.3) is 0 Å². The van der Waals surface area contributed by atoms with Gasteiger partial charge in [0.15, 0.2) is 0 Å². The second-order valence-corrected chi connectivity index (χ2v) is 6.66. The number of amides is 1. The maximum Gasteiger partial charge on any atom is 0.408 e. The van der Waals surface area contributed by atoms with Gasteiger partial charge in [0.05, 0.1) is 11.5 Å². The summed E-state index contributed by atoms with van der Waals surface area (Å²) in [4.78, 5) is 23.5. The van der Waals surface area contributed by atoms with Crippen molar-refractivity contribution in [2.45, 2.75) is 46.3 Å². The Labute approximate surface area is 129 Å². The van der Waals surface area contributed by atoms with Gasteiger partial charge in [0.2, 0.25) is 0 Å². The molecule has 1 amide bonds. The molecule has 0 aliphatic heterocycles. The van der Waals surface area contributed by atoms with Gasteiger partial charge in [0.1, 0.15) is 11.4 Å². The molecule has 0 aromatic heterocycles. The first-order chi connectivity index (χ1) is 9.93. The molecule has 0 spiro atoms. The van der Waals surface area contributed by atoms with Gasteiger partial charge < -0.3 is 15.2 Å². The first-order valence-corrected chi connectivity index (χ1v) is 6.92. The van der Waals surface area contributed by atoms with Crippen molar-refractivity contribution in [3.05, 3.63) is 35.6 Å². The van der Waals surface area contributed by atoms with Gasteiger partial charge in [-0.05, 0) is 52.3 Å². The van der Waals surface area contributed by atoms with Crippen molar-refractivity contribution in [2.24, 2.45) is 5.41 Å². The standard InChI is InChI=1S/C16H22FNO4/c1-15(2,3)22-14(21)18-12(16(4,5)13(19)20)10-7-6-8-11(17)9-10/h6-9,12H,1-5H3,(H,18,21)(H,19,20)/t12-/m0/s1. The molecule has 1 rings (SSSR count). The van der Waals surface area contributed by atoms with E-state index in [4.69, 9.17) is 4.74 Å². The van der Waals surface area contributed by atoms with Gasteiger partial charge in [-0.15, -0.1) is 0 Å². The third kappa shape index (κ3) is 4.72. The number of nitrogens with one attached hydrogen (secondary N) is 1. The predicted octanol–water partition coefficient (Wildman–Crippen LogP) is 3.50. The fourth-order valence-corrected chi connectivity index (χ4v) is 1.92. The lowest BCUT2D eigenvalue weighted by Gasteiger charge is -2.32. The average Bonchev–Trinajstić information content (AvgIpc) is 2.33. The van der Waals surface area contributed by atoms with Crippen molar-refractivity contribution in [3.63, 3.8) is 0 Å². The number of alkyl carbamates (subject to hydrolysis) is 1. The first-order valence-electron chi connectivity index (χ1n) is 6.92. The number of benzene rings is 1. The molecule has 5 nitrogen and oxygen atoms in total. The molecule has 122 valence electrons. The average molecular weight is 311 g/mol. The quantitative estimate of drug-likeness (QED) is 0.892. The molecule has 0 heterocycles. The Hall–Kier alpha value is -2.11. The molecule has 6 heteroatoms. The van der Waals surface area contributed by atoms with E-state index in [2.05, 4.69) is 5.32 Å². The summed E-state index contributed by atoms with van der Waals surface area (Å²) in [5.74, 6) is -1.62. The normalized spacial score (nSPS) is 13.4. The summed E-state index contributed by atoms with van der Waals surface area (Å²) in [6.07, 6.45) is -0.754. The van der Waals surface area contributed by atoms with Crippen molar-refractivity contribution in [1.82, 2.24) is 5.32 Å². The molecule has 22 heavy (non-hydrogen) atoms. The molecule has 0 saturated heterocycles. The molecule has 0 radical (unpaired) electrons. The molecular weight excluding hydrogens is 289 g/mol. The number of carbonyl (C=O) groups is 2. The van der Waals surface area contributed by atoms with E-state index >= 15 is 0 Å². The van der Waals surface area contributed by atoms with Crippen molar-refractivity contribution in [2.75, 3.05) is 0 Å². The van der Waals surface area contributed by atoms with E-state index in [1.807, 2.05) is 0 Å². The second kappa shape index (κ2) is 6.34. The molecule has 0 unspecified atom stereocenters. The van der Waals surface area contributed by atoms with Crippen LogP contribution in [0.25, 0.3) is 0 Å². The zero-order valence-electron chi connectivity index (χ0n) is 13.4. The van der Waals surface area contributed by atoms with Crippen LogP contribution in [-0.2, 0) is 9.53 Å². The summed E-state index contributed by atoms with van der Waals surface area (Å²) < 4.78 is 18.6. The molecule has 0 aliphatic carbocycles. The van der Waals surface area contributed by atoms with Gasteiger partial charge >= 0.3 is 12.1 Å². The first kappa shape index (κ1) is 17.9. The smallest absolute Gasteiger partial charge is 0.408 e. The summed E-state index contributed by atoms with van der Waals surface area (Å²) in [7, 11) is 0. The highest BCUT2D eigenvalue weighted by molar-refractivity contribution is 5.77. The van der Waals surface area contributed by atoms with Crippen LogP contribution < -0.4 is 5.32 Å². The largest absolute Gasteiger partial charge is 0.481 e. The second-order valence-electron chi connectivity index (χ2n) is 6.66. The lowest BCUT2D eigenvalue weighted by Crippen LogP contribution is -2.44. The highest BCUT2D eigenvalue weighted by atomic mass is 19.1. The number of carboxylic acid groups (broad SMARTS) is 1. The molecule has 0 fully saturated rings. The number of hydrogen-bond donors (Lipinski definition) is 2. The SMILES string of the molecule is CC(C)(C)OC(=O)N[C@@H](c1cccc(F)c1)C(C)(C)C(=O)O. The summed E-state index contributed by atoms with van der Waals surface area (Å²) in [6.45, 7) is 8.02. The van der Waals surface area contributed by atoms with Crippen LogP contribution in [0.4, 0.5) is 9.18 Å². The fraction of sp³-hybridized carbons (Fsp3) is 0.500. The minimum absolute atomic E-state index is 0.359. The Morgan fingerprint density at radius 3 is 2.27 bits per heavy atom. The van der Waals surface area contributed by atoms with E-state index in [0.717, 1.165) is 0 Å². The molecule has 0 bridgehead atoms. The molecule has 1 aromatic carbocycles. The maximum atomic E-state index is 13.4. The molecule has 1 aromatic rings. The molecule has 0 aliphatic rings. The lowest BCUT2D eigenvalue weighted by molar-refractivity contribution is -0.148. The number of aliphatic carboxylic acids is 1. The predicted molar refractivity (Wildman–Crippen MR) is 79.9 cm³/mol. The van der Waals surface area contributed by atoms with Gasteiger partial charge in [-0.2, -0.15) is 0 Å². The molecule has 2 N–H and O–H groups in total. The van der Waals surface area contributed by atoms with Crippen LogP contribution >= 0.6 is 0 Å². The number of halogens is 1. The lowest BCUT2D eigenvalue weighted by atomic mass is 9.80. The fourth-order valence-electron chi connectivity index (χ4n) is 1.92. The maximum absolute atomic E-state index is 13.4. The Kier molecular flexibility index (Phi) is 5.17. The number of carbonyl (C=O) groups excluding carboxylic acids is 1. The van der Waals surface area contributed by atoms with Crippen LogP contribution in [0.3, 0.4) is 0 Å². The van der Waals surface area contributed by atoms with E-state index in [1.165, 1.54) is 32.0 Å².